The van der Waals surface area contributed by atoms with Gasteiger partial charge >= 0.3 is 0 Å². The fourth-order valence-corrected chi connectivity index (χ4v) is 5.22. The summed E-state index contributed by atoms with van der Waals surface area (Å²) in [4.78, 5) is 37.8. The smallest absolute Gasteiger partial charge is 0.261 e. The Labute approximate surface area is 194 Å². The van der Waals surface area contributed by atoms with Gasteiger partial charge in [0.2, 0.25) is 5.91 Å². The number of pyridine rings is 1. The molecule has 0 atom stereocenters. The molecular formula is C24H31N5O2S. The SMILES string of the molecule is CCCN1CCN(CCCNC(=O)CN2C(=O)c3cccnc3Sc3ccccc32)CC1. The number of amides is 2. The second-order valence-electron chi connectivity index (χ2n) is 8.20. The summed E-state index contributed by atoms with van der Waals surface area (Å²) in [6.45, 7) is 9.46. The van der Waals surface area contributed by atoms with Crippen LogP contribution in [0.1, 0.15) is 30.1 Å². The standard InChI is InChI=1S/C24H31N5O2S/c1-2-12-27-14-16-28(17-15-27)13-6-11-25-22(30)18-29-20-8-3-4-9-21(20)32-23-19(24(29)31)7-5-10-26-23/h3-5,7-10H,2,6,11-18H2,1H3,(H,25,30). The van der Waals surface area contributed by atoms with E-state index in [4.69, 9.17) is 0 Å². The summed E-state index contributed by atoms with van der Waals surface area (Å²) >= 11 is 1.46. The zero-order valence-corrected chi connectivity index (χ0v) is 19.4. The van der Waals surface area contributed by atoms with Gasteiger partial charge in [-0.25, -0.2) is 4.98 Å². The van der Waals surface area contributed by atoms with Crippen molar-refractivity contribution >= 4 is 29.3 Å². The number of carbonyl (C=O) groups excluding carboxylic acids is 2. The van der Waals surface area contributed by atoms with E-state index in [-0.39, 0.29) is 18.4 Å². The molecule has 1 aromatic carbocycles. The molecule has 0 spiro atoms. The molecule has 0 unspecified atom stereocenters. The minimum Gasteiger partial charge on any atom is -0.355 e. The number of anilines is 1. The van der Waals surface area contributed by atoms with Crippen LogP contribution in [0.2, 0.25) is 0 Å². The van der Waals surface area contributed by atoms with E-state index in [0.717, 1.165) is 49.7 Å². The zero-order chi connectivity index (χ0) is 22.3. The van der Waals surface area contributed by atoms with Crippen LogP contribution in [0.5, 0.6) is 0 Å². The van der Waals surface area contributed by atoms with Crippen LogP contribution in [0.4, 0.5) is 5.69 Å². The third kappa shape index (κ3) is 5.49. The van der Waals surface area contributed by atoms with E-state index >= 15 is 0 Å². The van der Waals surface area contributed by atoms with Gasteiger partial charge in [0.1, 0.15) is 11.6 Å². The molecule has 8 heteroatoms. The van der Waals surface area contributed by atoms with Crippen LogP contribution in [0, 0.1) is 0 Å². The van der Waals surface area contributed by atoms with Gasteiger partial charge in [-0.15, -0.1) is 0 Å². The number of benzene rings is 1. The molecular weight excluding hydrogens is 422 g/mol. The maximum atomic E-state index is 13.2. The highest BCUT2D eigenvalue weighted by Crippen LogP contribution is 2.39. The molecule has 32 heavy (non-hydrogen) atoms. The highest BCUT2D eigenvalue weighted by molar-refractivity contribution is 7.99. The Kier molecular flexibility index (Phi) is 7.78. The molecule has 1 fully saturated rings. The highest BCUT2D eigenvalue weighted by atomic mass is 32.2. The molecule has 4 rings (SSSR count). The number of nitrogens with one attached hydrogen (secondary N) is 1. The lowest BCUT2D eigenvalue weighted by atomic mass is 10.2. The molecule has 2 aliphatic heterocycles. The molecule has 2 aliphatic rings. The first-order valence-electron chi connectivity index (χ1n) is 11.4. The number of carbonyl (C=O) groups is 2. The summed E-state index contributed by atoms with van der Waals surface area (Å²) in [5.41, 5.74) is 1.28. The summed E-state index contributed by atoms with van der Waals surface area (Å²) in [5.74, 6) is -0.330. The Hall–Kier alpha value is -2.42. The maximum Gasteiger partial charge on any atom is 0.261 e. The number of para-hydroxylation sites is 1. The lowest BCUT2D eigenvalue weighted by Gasteiger charge is -2.34. The van der Waals surface area contributed by atoms with E-state index < -0.39 is 0 Å². The van der Waals surface area contributed by atoms with E-state index in [1.807, 2.05) is 24.3 Å². The molecule has 1 aromatic heterocycles. The van der Waals surface area contributed by atoms with Crippen molar-refractivity contribution < 1.29 is 9.59 Å². The van der Waals surface area contributed by atoms with E-state index in [0.29, 0.717) is 17.1 Å². The molecule has 0 saturated carbocycles. The zero-order valence-electron chi connectivity index (χ0n) is 18.6. The fourth-order valence-electron chi connectivity index (χ4n) is 4.20. The Morgan fingerprint density at radius 1 is 1.06 bits per heavy atom. The number of nitrogens with zero attached hydrogens (tertiary/aromatic N) is 4. The average molecular weight is 454 g/mol. The van der Waals surface area contributed by atoms with Crippen molar-refractivity contribution in [3.63, 3.8) is 0 Å². The predicted molar refractivity (Wildman–Crippen MR) is 127 cm³/mol. The number of hydrogen-bond donors (Lipinski definition) is 1. The Morgan fingerprint density at radius 2 is 1.81 bits per heavy atom. The number of piperazine rings is 1. The second-order valence-corrected chi connectivity index (χ2v) is 9.23. The molecule has 0 bridgehead atoms. The maximum absolute atomic E-state index is 13.2. The molecule has 7 nitrogen and oxygen atoms in total. The Balaban J connectivity index is 1.30. The van der Waals surface area contributed by atoms with Crippen molar-refractivity contribution in [3.05, 3.63) is 48.2 Å². The van der Waals surface area contributed by atoms with E-state index in [9.17, 15) is 9.59 Å². The minimum absolute atomic E-state index is 0.000430. The number of fused-ring (bicyclic) bond motifs is 2. The summed E-state index contributed by atoms with van der Waals surface area (Å²) in [6.07, 6.45) is 3.80. The summed E-state index contributed by atoms with van der Waals surface area (Å²) in [6, 6.07) is 11.2. The van der Waals surface area contributed by atoms with E-state index in [1.54, 1.807) is 23.2 Å². The van der Waals surface area contributed by atoms with Crippen LogP contribution in [0.25, 0.3) is 0 Å². The normalized spacial score (nSPS) is 16.9. The first-order chi connectivity index (χ1) is 15.7. The molecule has 2 aromatic rings. The van der Waals surface area contributed by atoms with Crippen LogP contribution in [-0.4, -0.2) is 79.0 Å². The van der Waals surface area contributed by atoms with Crippen molar-refractivity contribution in [2.75, 3.05) is 57.3 Å². The molecule has 2 amide bonds. The van der Waals surface area contributed by atoms with Crippen molar-refractivity contribution in [2.45, 2.75) is 29.7 Å². The summed E-state index contributed by atoms with van der Waals surface area (Å²) < 4.78 is 0. The Bertz CT molecular complexity index is 945. The van der Waals surface area contributed by atoms with Crippen molar-refractivity contribution in [2.24, 2.45) is 0 Å². The van der Waals surface area contributed by atoms with Crippen molar-refractivity contribution in [1.82, 2.24) is 20.1 Å². The third-order valence-electron chi connectivity index (χ3n) is 5.89. The van der Waals surface area contributed by atoms with Crippen molar-refractivity contribution in [3.8, 4) is 0 Å². The van der Waals surface area contributed by atoms with Crippen LogP contribution >= 0.6 is 11.8 Å². The highest BCUT2D eigenvalue weighted by Gasteiger charge is 2.29. The van der Waals surface area contributed by atoms with Gasteiger partial charge in [-0.1, -0.05) is 30.8 Å². The molecule has 0 radical (unpaired) electrons. The van der Waals surface area contributed by atoms with Gasteiger partial charge in [-0.05, 0) is 50.2 Å². The molecule has 170 valence electrons. The van der Waals surface area contributed by atoms with Crippen LogP contribution in [-0.2, 0) is 4.79 Å². The third-order valence-corrected chi connectivity index (χ3v) is 6.97. The number of aromatic nitrogens is 1. The van der Waals surface area contributed by atoms with Gasteiger partial charge in [0.05, 0.1) is 11.3 Å². The van der Waals surface area contributed by atoms with Gasteiger partial charge in [-0.3, -0.25) is 14.5 Å². The van der Waals surface area contributed by atoms with E-state index in [1.165, 1.54) is 24.7 Å². The molecule has 1 saturated heterocycles. The van der Waals surface area contributed by atoms with Crippen LogP contribution < -0.4 is 10.2 Å². The first kappa shape index (κ1) is 22.8. The van der Waals surface area contributed by atoms with Gasteiger partial charge in [0.25, 0.3) is 5.91 Å². The van der Waals surface area contributed by atoms with Crippen LogP contribution in [0.15, 0.2) is 52.5 Å². The summed E-state index contributed by atoms with van der Waals surface area (Å²) in [7, 11) is 0. The minimum atomic E-state index is -0.189. The lowest BCUT2D eigenvalue weighted by Crippen LogP contribution is -2.47. The van der Waals surface area contributed by atoms with Gasteiger partial charge < -0.3 is 15.1 Å². The van der Waals surface area contributed by atoms with Gasteiger partial charge in [-0.2, -0.15) is 0 Å². The average Bonchev–Trinajstić information content (AvgIpc) is 2.93. The van der Waals surface area contributed by atoms with Crippen LogP contribution in [0.3, 0.4) is 0 Å². The number of rotatable bonds is 8. The second kappa shape index (κ2) is 10.9. The monoisotopic (exact) mass is 453 g/mol. The predicted octanol–water partition coefficient (Wildman–Crippen LogP) is 2.73. The fraction of sp³-hybridized carbons (Fsp3) is 0.458. The topological polar surface area (TPSA) is 68.8 Å². The number of hydrogen-bond acceptors (Lipinski definition) is 6. The molecule has 1 N–H and O–H groups in total. The largest absolute Gasteiger partial charge is 0.355 e. The quantitative estimate of drug-likeness (QED) is 0.620. The van der Waals surface area contributed by atoms with Gasteiger partial charge in [0, 0.05) is 43.8 Å². The van der Waals surface area contributed by atoms with Crippen molar-refractivity contribution in [1.29, 1.82) is 0 Å². The van der Waals surface area contributed by atoms with Gasteiger partial charge in [0.15, 0.2) is 0 Å². The lowest BCUT2D eigenvalue weighted by molar-refractivity contribution is -0.119. The molecule has 3 heterocycles. The van der Waals surface area contributed by atoms with E-state index in [2.05, 4.69) is 27.0 Å². The summed E-state index contributed by atoms with van der Waals surface area (Å²) in [5, 5.41) is 3.68. The molecule has 0 aliphatic carbocycles. The first-order valence-corrected chi connectivity index (χ1v) is 12.2. The Morgan fingerprint density at radius 3 is 2.59 bits per heavy atom.